The second-order valence-electron chi connectivity index (χ2n) is 4.15. The Balaban J connectivity index is 2.33. The van der Waals surface area contributed by atoms with E-state index in [0.717, 1.165) is 17.1 Å². The highest BCUT2D eigenvalue weighted by Gasteiger charge is 2.05. The molecule has 84 valence electrons. The van der Waals surface area contributed by atoms with Gasteiger partial charge in [-0.05, 0) is 26.0 Å². The molecule has 0 aliphatic carbocycles. The van der Waals surface area contributed by atoms with Crippen molar-refractivity contribution in [1.82, 2.24) is 14.8 Å². The van der Waals surface area contributed by atoms with E-state index < -0.39 is 0 Å². The largest absolute Gasteiger partial charge is 0.383 e. The van der Waals surface area contributed by atoms with Gasteiger partial charge >= 0.3 is 0 Å². The summed E-state index contributed by atoms with van der Waals surface area (Å²) in [4.78, 5) is 0. The number of nitrogens with zero attached hydrogens (tertiary/aromatic N) is 3. The fourth-order valence-electron chi connectivity index (χ4n) is 1.63. The summed E-state index contributed by atoms with van der Waals surface area (Å²) in [5.41, 5.74) is 2.18. The van der Waals surface area contributed by atoms with E-state index in [9.17, 15) is 0 Å². The topological polar surface area (TPSA) is 42.7 Å². The molecule has 16 heavy (non-hydrogen) atoms. The summed E-state index contributed by atoms with van der Waals surface area (Å²) in [6, 6.07) is 8.63. The molecule has 0 atom stereocenters. The normalized spacial score (nSPS) is 10.8. The van der Waals surface area contributed by atoms with Crippen LogP contribution in [0.2, 0.25) is 0 Å². The van der Waals surface area contributed by atoms with Gasteiger partial charge in [0.1, 0.15) is 6.33 Å². The van der Waals surface area contributed by atoms with E-state index in [-0.39, 0.29) is 0 Å². The predicted octanol–water partition coefficient (Wildman–Crippen LogP) is 2.30. The van der Waals surface area contributed by atoms with E-state index in [1.807, 2.05) is 23.7 Å². The van der Waals surface area contributed by atoms with Crippen molar-refractivity contribution in [3.8, 4) is 11.4 Å². The molecule has 4 heteroatoms. The fraction of sp³-hybridized carbons (Fsp3) is 0.333. The van der Waals surface area contributed by atoms with Gasteiger partial charge in [0.05, 0.1) is 0 Å². The average molecular weight is 216 g/mol. The van der Waals surface area contributed by atoms with Gasteiger partial charge < -0.3 is 9.88 Å². The first-order valence-electron chi connectivity index (χ1n) is 5.38. The molecular formula is C12H16N4. The van der Waals surface area contributed by atoms with Gasteiger partial charge in [0, 0.05) is 24.3 Å². The van der Waals surface area contributed by atoms with Crippen LogP contribution in [-0.4, -0.2) is 20.8 Å². The van der Waals surface area contributed by atoms with E-state index >= 15 is 0 Å². The summed E-state index contributed by atoms with van der Waals surface area (Å²) in [5, 5.41) is 11.3. The van der Waals surface area contributed by atoms with Gasteiger partial charge in [0.2, 0.25) is 0 Å². The molecule has 0 spiro atoms. The van der Waals surface area contributed by atoms with Crippen LogP contribution in [0.25, 0.3) is 11.4 Å². The van der Waals surface area contributed by atoms with E-state index in [1.165, 1.54) is 0 Å². The molecule has 1 N–H and O–H groups in total. The number of anilines is 1. The van der Waals surface area contributed by atoms with Crippen LogP contribution in [0, 0.1) is 0 Å². The minimum absolute atomic E-state index is 0.426. The van der Waals surface area contributed by atoms with Gasteiger partial charge in [0.25, 0.3) is 0 Å². The highest BCUT2D eigenvalue weighted by Crippen LogP contribution is 2.20. The zero-order valence-corrected chi connectivity index (χ0v) is 9.81. The molecule has 2 rings (SSSR count). The lowest BCUT2D eigenvalue weighted by atomic mass is 10.2. The molecule has 0 fully saturated rings. The molecule has 1 heterocycles. The predicted molar refractivity (Wildman–Crippen MR) is 65.2 cm³/mol. The lowest BCUT2D eigenvalue weighted by Gasteiger charge is -2.10. The molecule has 0 unspecified atom stereocenters. The van der Waals surface area contributed by atoms with E-state index in [1.54, 1.807) is 6.33 Å². The zero-order valence-electron chi connectivity index (χ0n) is 9.81. The molecule has 4 nitrogen and oxygen atoms in total. The quantitative estimate of drug-likeness (QED) is 0.856. The van der Waals surface area contributed by atoms with Gasteiger partial charge in [0.15, 0.2) is 5.82 Å². The molecule has 0 bridgehead atoms. The molecular weight excluding hydrogens is 200 g/mol. The van der Waals surface area contributed by atoms with E-state index in [0.29, 0.717) is 6.04 Å². The highest BCUT2D eigenvalue weighted by atomic mass is 15.2. The van der Waals surface area contributed by atoms with Crippen molar-refractivity contribution in [3.63, 3.8) is 0 Å². The molecule has 2 aromatic rings. The number of hydrogen-bond acceptors (Lipinski definition) is 3. The third kappa shape index (κ3) is 2.21. The van der Waals surface area contributed by atoms with Crippen molar-refractivity contribution >= 4 is 5.69 Å². The molecule has 0 aliphatic heterocycles. The van der Waals surface area contributed by atoms with Gasteiger partial charge in [-0.15, -0.1) is 10.2 Å². The smallest absolute Gasteiger partial charge is 0.163 e. The maximum atomic E-state index is 4.09. The fourth-order valence-corrected chi connectivity index (χ4v) is 1.63. The summed E-state index contributed by atoms with van der Waals surface area (Å²) < 4.78 is 1.91. The molecule has 0 aliphatic rings. The van der Waals surface area contributed by atoms with E-state index in [2.05, 4.69) is 41.5 Å². The van der Waals surface area contributed by atoms with Crippen LogP contribution in [0.3, 0.4) is 0 Å². The number of rotatable bonds is 3. The minimum Gasteiger partial charge on any atom is -0.383 e. The Morgan fingerprint density at radius 3 is 2.75 bits per heavy atom. The second-order valence-corrected chi connectivity index (χ2v) is 4.15. The van der Waals surface area contributed by atoms with Crippen molar-refractivity contribution < 1.29 is 0 Å². The van der Waals surface area contributed by atoms with Gasteiger partial charge in [-0.3, -0.25) is 0 Å². The Labute approximate surface area is 95.3 Å². The first kappa shape index (κ1) is 10.7. The summed E-state index contributed by atoms with van der Waals surface area (Å²) >= 11 is 0. The van der Waals surface area contributed by atoms with Crippen LogP contribution in [0.5, 0.6) is 0 Å². The monoisotopic (exact) mass is 216 g/mol. The molecule has 0 radical (unpaired) electrons. The third-order valence-corrected chi connectivity index (χ3v) is 2.29. The van der Waals surface area contributed by atoms with Crippen LogP contribution in [-0.2, 0) is 7.05 Å². The molecule has 0 amide bonds. The number of benzene rings is 1. The molecule has 1 aromatic heterocycles. The van der Waals surface area contributed by atoms with Crippen molar-refractivity contribution in [2.24, 2.45) is 7.05 Å². The molecule has 0 saturated heterocycles. The Morgan fingerprint density at radius 1 is 1.31 bits per heavy atom. The Bertz CT molecular complexity index is 473. The summed E-state index contributed by atoms with van der Waals surface area (Å²) in [6.45, 7) is 4.24. The second kappa shape index (κ2) is 4.35. The van der Waals surface area contributed by atoms with Gasteiger partial charge in [-0.1, -0.05) is 12.1 Å². The van der Waals surface area contributed by atoms with Crippen molar-refractivity contribution in [2.75, 3.05) is 5.32 Å². The van der Waals surface area contributed by atoms with E-state index in [4.69, 9.17) is 0 Å². The Hall–Kier alpha value is -1.84. The van der Waals surface area contributed by atoms with Crippen LogP contribution < -0.4 is 5.32 Å². The lowest BCUT2D eigenvalue weighted by Crippen LogP contribution is -2.09. The number of aryl methyl sites for hydroxylation is 1. The van der Waals surface area contributed by atoms with Crippen molar-refractivity contribution in [3.05, 3.63) is 30.6 Å². The standard InChI is InChI=1S/C12H16N4/c1-9(2)14-11-6-4-5-10(7-11)12-15-13-8-16(12)3/h4-9,14H,1-3H3. The Morgan fingerprint density at radius 2 is 2.12 bits per heavy atom. The minimum atomic E-state index is 0.426. The Kier molecular flexibility index (Phi) is 2.90. The first-order valence-corrected chi connectivity index (χ1v) is 5.38. The van der Waals surface area contributed by atoms with Crippen LogP contribution in [0.15, 0.2) is 30.6 Å². The first-order chi connectivity index (χ1) is 7.66. The maximum Gasteiger partial charge on any atom is 0.163 e. The zero-order chi connectivity index (χ0) is 11.5. The number of hydrogen-bond donors (Lipinski definition) is 1. The summed E-state index contributed by atoms with van der Waals surface area (Å²) in [5.74, 6) is 0.882. The molecule has 0 saturated carbocycles. The molecule has 1 aromatic carbocycles. The SMILES string of the molecule is CC(C)Nc1cccc(-c2nncn2C)c1. The van der Waals surface area contributed by atoms with Crippen molar-refractivity contribution in [2.45, 2.75) is 19.9 Å². The van der Waals surface area contributed by atoms with Crippen LogP contribution in [0.4, 0.5) is 5.69 Å². The van der Waals surface area contributed by atoms with Crippen LogP contribution >= 0.6 is 0 Å². The summed E-state index contributed by atoms with van der Waals surface area (Å²) in [6.07, 6.45) is 1.71. The van der Waals surface area contributed by atoms with Gasteiger partial charge in [-0.25, -0.2) is 0 Å². The van der Waals surface area contributed by atoms with Crippen LogP contribution in [0.1, 0.15) is 13.8 Å². The summed E-state index contributed by atoms with van der Waals surface area (Å²) in [7, 11) is 1.94. The lowest BCUT2D eigenvalue weighted by molar-refractivity contribution is 0.898. The third-order valence-electron chi connectivity index (χ3n) is 2.29. The average Bonchev–Trinajstić information content (AvgIpc) is 2.64. The number of nitrogens with one attached hydrogen (secondary N) is 1. The maximum absolute atomic E-state index is 4.09. The van der Waals surface area contributed by atoms with Gasteiger partial charge in [-0.2, -0.15) is 0 Å². The van der Waals surface area contributed by atoms with Crippen molar-refractivity contribution in [1.29, 1.82) is 0 Å². The number of aromatic nitrogens is 3. The highest BCUT2D eigenvalue weighted by molar-refractivity contribution is 5.62.